The molecule has 0 radical (unpaired) electrons. The van der Waals surface area contributed by atoms with Gasteiger partial charge in [0.2, 0.25) is 5.91 Å². The van der Waals surface area contributed by atoms with Crippen LogP contribution in [0.5, 0.6) is 5.75 Å². The van der Waals surface area contributed by atoms with Gasteiger partial charge in [0, 0.05) is 6.04 Å². The quantitative estimate of drug-likeness (QED) is 0.815. The minimum atomic E-state index is -0.164. The van der Waals surface area contributed by atoms with Crippen LogP contribution < -0.4 is 15.4 Å². The molecule has 0 saturated carbocycles. The number of nitrogens with one attached hydrogen (secondary N) is 2. The molecule has 104 valence electrons. The number of para-hydroxylation sites is 2. The maximum absolute atomic E-state index is 11.7. The molecule has 1 saturated heterocycles. The van der Waals surface area contributed by atoms with E-state index in [-0.39, 0.29) is 12.5 Å². The number of benzene rings is 1. The molecule has 0 spiro atoms. The van der Waals surface area contributed by atoms with Crippen LogP contribution in [0, 0.1) is 0 Å². The molecular formula is C14H20N2O3. The normalized spacial score (nSPS) is 18.3. The Balaban J connectivity index is 1.74. The molecule has 19 heavy (non-hydrogen) atoms. The number of anilines is 1. The molecule has 1 aromatic carbocycles. The Morgan fingerprint density at radius 2 is 2.32 bits per heavy atom. The largest absolute Gasteiger partial charge is 0.495 e. The molecule has 1 aromatic rings. The molecule has 2 rings (SSSR count). The number of hydrogen-bond donors (Lipinski definition) is 2. The van der Waals surface area contributed by atoms with E-state index >= 15 is 0 Å². The number of carbonyl (C=O) groups excluding carboxylic acids is 1. The van der Waals surface area contributed by atoms with Crippen molar-refractivity contribution in [1.29, 1.82) is 0 Å². The Morgan fingerprint density at radius 3 is 3.05 bits per heavy atom. The molecule has 5 heteroatoms. The van der Waals surface area contributed by atoms with Crippen molar-refractivity contribution in [3.8, 4) is 5.75 Å². The van der Waals surface area contributed by atoms with Crippen LogP contribution in [-0.2, 0) is 9.53 Å². The average Bonchev–Trinajstić information content (AvgIpc) is 2.92. The van der Waals surface area contributed by atoms with Gasteiger partial charge in [-0.05, 0) is 31.5 Å². The number of ether oxygens (including phenoxy) is 2. The number of methoxy groups -OCH3 is 1. The molecule has 1 heterocycles. The first-order chi connectivity index (χ1) is 9.29. The Bertz CT molecular complexity index is 417. The van der Waals surface area contributed by atoms with Crippen molar-refractivity contribution in [3.05, 3.63) is 24.3 Å². The van der Waals surface area contributed by atoms with Gasteiger partial charge in [-0.2, -0.15) is 0 Å². The minimum absolute atomic E-state index is 0.0657. The van der Waals surface area contributed by atoms with E-state index in [1.807, 2.05) is 12.1 Å². The van der Waals surface area contributed by atoms with Gasteiger partial charge in [0.15, 0.2) is 0 Å². The summed E-state index contributed by atoms with van der Waals surface area (Å²) in [6.07, 6.45) is 2.30. The second kappa shape index (κ2) is 7.11. The number of amides is 1. The third-order valence-corrected chi connectivity index (χ3v) is 3.10. The summed E-state index contributed by atoms with van der Waals surface area (Å²) in [5.74, 6) is 0.482. The lowest BCUT2D eigenvalue weighted by Gasteiger charge is -2.12. The van der Waals surface area contributed by atoms with E-state index in [4.69, 9.17) is 9.47 Å². The van der Waals surface area contributed by atoms with Crippen LogP contribution in [0.15, 0.2) is 24.3 Å². The molecule has 0 aromatic heterocycles. The lowest BCUT2D eigenvalue weighted by atomic mass is 10.2. The highest BCUT2D eigenvalue weighted by Crippen LogP contribution is 2.22. The fourth-order valence-corrected chi connectivity index (χ4v) is 2.13. The zero-order chi connectivity index (χ0) is 13.5. The zero-order valence-electron chi connectivity index (χ0n) is 11.1. The van der Waals surface area contributed by atoms with E-state index in [2.05, 4.69) is 10.6 Å². The first-order valence-corrected chi connectivity index (χ1v) is 6.53. The van der Waals surface area contributed by atoms with Gasteiger partial charge in [-0.25, -0.2) is 0 Å². The van der Waals surface area contributed by atoms with E-state index in [0.29, 0.717) is 24.1 Å². The van der Waals surface area contributed by atoms with Crippen LogP contribution in [0.25, 0.3) is 0 Å². The lowest BCUT2D eigenvalue weighted by molar-refractivity contribution is -0.120. The summed E-state index contributed by atoms with van der Waals surface area (Å²) >= 11 is 0. The molecule has 0 bridgehead atoms. The highest BCUT2D eigenvalue weighted by Gasteiger charge is 2.14. The SMILES string of the molecule is COc1ccccc1NC(=O)COC[C@@H]1CCCN1. The molecule has 1 atom stereocenters. The van der Waals surface area contributed by atoms with Crippen molar-refractivity contribution >= 4 is 11.6 Å². The molecule has 0 unspecified atom stereocenters. The molecule has 1 aliphatic rings. The third kappa shape index (κ3) is 4.22. The lowest BCUT2D eigenvalue weighted by Crippen LogP contribution is -2.29. The second-order valence-corrected chi connectivity index (χ2v) is 4.56. The highest BCUT2D eigenvalue weighted by atomic mass is 16.5. The maximum atomic E-state index is 11.7. The van der Waals surface area contributed by atoms with Gasteiger partial charge < -0.3 is 20.1 Å². The van der Waals surface area contributed by atoms with Crippen molar-refractivity contribution in [2.45, 2.75) is 18.9 Å². The van der Waals surface area contributed by atoms with Crippen molar-refractivity contribution in [2.24, 2.45) is 0 Å². The fourth-order valence-electron chi connectivity index (χ4n) is 2.13. The summed E-state index contributed by atoms with van der Waals surface area (Å²) in [6, 6.07) is 7.70. The summed E-state index contributed by atoms with van der Waals surface area (Å²) in [4.78, 5) is 11.7. The topological polar surface area (TPSA) is 59.6 Å². The Kier molecular flexibility index (Phi) is 5.18. The minimum Gasteiger partial charge on any atom is -0.495 e. The van der Waals surface area contributed by atoms with Crippen molar-refractivity contribution < 1.29 is 14.3 Å². The van der Waals surface area contributed by atoms with Crippen molar-refractivity contribution in [1.82, 2.24) is 5.32 Å². The summed E-state index contributed by atoms with van der Waals surface area (Å²) in [5, 5.41) is 6.10. The molecule has 1 fully saturated rings. The summed E-state index contributed by atoms with van der Waals surface area (Å²) < 4.78 is 10.6. The monoisotopic (exact) mass is 264 g/mol. The van der Waals surface area contributed by atoms with E-state index in [1.54, 1.807) is 19.2 Å². The van der Waals surface area contributed by atoms with Gasteiger partial charge in [0.05, 0.1) is 19.4 Å². The van der Waals surface area contributed by atoms with Gasteiger partial charge in [0.1, 0.15) is 12.4 Å². The van der Waals surface area contributed by atoms with Gasteiger partial charge >= 0.3 is 0 Å². The van der Waals surface area contributed by atoms with E-state index in [1.165, 1.54) is 6.42 Å². The van der Waals surface area contributed by atoms with Crippen LogP contribution in [0.3, 0.4) is 0 Å². The Labute approximate surface area is 113 Å². The second-order valence-electron chi connectivity index (χ2n) is 4.56. The Morgan fingerprint density at radius 1 is 1.47 bits per heavy atom. The summed E-state index contributed by atoms with van der Waals surface area (Å²) in [7, 11) is 1.58. The molecule has 5 nitrogen and oxygen atoms in total. The molecular weight excluding hydrogens is 244 g/mol. The maximum Gasteiger partial charge on any atom is 0.250 e. The third-order valence-electron chi connectivity index (χ3n) is 3.10. The summed E-state index contributed by atoms with van der Waals surface area (Å²) in [5.41, 5.74) is 0.664. The molecule has 1 amide bonds. The van der Waals surface area contributed by atoms with Gasteiger partial charge in [-0.15, -0.1) is 0 Å². The molecule has 1 aliphatic heterocycles. The predicted molar refractivity (Wildman–Crippen MR) is 73.5 cm³/mol. The van der Waals surface area contributed by atoms with Gasteiger partial charge in [-0.3, -0.25) is 4.79 Å². The predicted octanol–water partition coefficient (Wildman–Crippen LogP) is 1.40. The summed E-state index contributed by atoms with van der Waals surface area (Å²) in [6.45, 7) is 1.69. The smallest absolute Gasteiger partial charge is 0.250 e. The molecule has 2 N–H and O–H groups in total. The van der Waals surface area contributed by atoms with Gasteiger partial charge in [-0.1, -0.05) is 12.1 Å². The molecule has 0 aliphatic carbocycles. The average molecular weight is 264 g/mol. The standard InChI is InChI=1S/C14H20N2O3/c1-18-13-7-3-2-6-12(13)16-14(17)10-19-9-11-5-4-8-15-11/h2-3,6-7,11,15H,4-5,8-10H2,1H3,(H,16,17)/t11-/m0/s1. The fraction of sp³-hybridized carbons (Fsp3) is 0.500. The van der Waals surface area contributed by atoms with Crippen molar-refractivity contribution in [3.63, 3.8) is 0 Å². The number of carbonyl (C=O) groups is 1. The zero-order valence-corrected chi connectivity index (χ0v) is 11.1. The van der Waals surface area contributed by atoms with Crippen LogP contribution in [0.2, 0.25) is 0 Å². The number of hydrogen-bond acceptors (Lipinski definition) is 4. The van der Waals surface area contributed by atoms with Gasteiger partial charge in [0.25, 0.3) is 0 Å². The van der Waals surface area contributed by atoms with E-state index in [9.17, 15) is 4.79 Å². The van der Waals surface area contributed by atoms with E-state index < -0.39 is 0 Å². The van der Waals surface area contributed by atoms with Crippen LogP contribution in [-0.4, -0.2) is 38.8 Å². The van der Waals surface area contributed by atoms with E-state index in [0.717, 1.165) is 13.0 Å². The first-order valence-electron chi connectivity index (χ1n) is 6.53. The Hall–Kier alpha value is -1.59. The van der Waals surface area contributed by atoms with Crippen LogP contribution >= 0.6 is 0 Å². The van der Waals surface area contributed by atoms with Crippen LogP contribution in [0.1, 0.15) is 12.8 Å². The van der Waals surface area contributed by atoms with Crippen molar-refractivity contribution in [2.75, 3.05) is 32.2 Å². The highest BCUT2D eigenvalue weighted by molar-refractivity contribution is 5.93. The van der Waals surface area contributed by atoms with Crippen LogP contribution in [0.4, 0.5) is 5.69 Å². The number of rotatable bonds is 6. The first kappa shape index (κ1) is 13.8.